The van der Waals surface area contributed by atoms with Crippen LogP contribution >= 0.6 is 0 Å². The summed E-state index contributed by atoms with van der Waals surface area (Å²) in [5, 5.41) is 11.7. The predicted octanol–water partition coefficient (Wildman–Crippen LogP) is 3.28. The number of hydrogen-bond acceptors (Lipinski definition) is 8. The Balaban J connectivity index is 1.77. The number of piperazine rings is 1. The fourth-order valence-corrected chi connectivity index (χ4v) is 3.74. The highest BCUT2D eigenvalue weighted by Gasteiger charge is 2.29. The van der Waals surface area contributed by atoms with Gasteiger partial charge in [-0.1, -0.05) is 6.07 Å². The van der Waals surface area contributed by atoms with Gasteiger partial charge in [-0.05, 0) is 48.9 Å². The van der Waals surface area contributed by atoms with E-state index >= 15 is 0 Å². The number of anilines is 2. The number of methoxy groups -OCH3 is 2. The fraction of sp³-hybridized carbons (Fsp3) is 0.304. The highest BCUT2D eigenvalue weighted by atomic mass is 16.6. The van der Waals surface area contributed by atoms with Crippen molar-refractivity contribution in [1.82, 2.24) is 0 Å². The van der Waals surface area contributed by atoms with E-state index in [1.807, 2.05) is 24.0 Å². The van der Waals surface area contributed by atoms with Crippen molar-refractivity contribution in [3.05, 3.63) is 69.8 Å². The molecule has 0 spiro atoms. The lowest BCUT2D eigenvalue weighted by Crippen LogP contribution is -2.52. The molecule has 1 unspecified atom stereocenters. The van der Waals surface area contributed by atoms with Crippen LogP contribution in [0.2, 0.25) is 0 Å². The number of carbonyl (C=O) groups excluding carboxylic acids is 2. The zero-order valence-corrected chi connectivity index (χ0v) is 18.2. The quantitative estimate of drug-likeness (QED) is 0.292. The molecule has 0 bridgehead atoms. The molecule has 1 aliphatic rings. The molecule has 1 aliphatic heterocycles. The van der Waals surface area contributed by atoms with Crippen LogP contribution in [0.3, 0.4) is 0 Å². The smallest absolute Gasteiger partial charge is 0.337 e. The molecule has 9 nitrogen and oxygen atoms in total. The van der Waals surface area contributed by atoms with Crippen molar-refractivity contribution < 1.29 is 24.0 Å². The first kappa shape index (κ1) is 22.8. The molecule has 0 radical (unpaired) electrons. The van der Waals surface area contributed by atoms with E-state index in [1.165, 1.54) is 32.4 Å². The summed E-state index contributed by atoms with van der Waals surface area (Å²) in [4.78, 5) is 38.5. The Kier molecular flexibility index (Phi) is 7.09. The minimum absolute atomic E-state index is 0.0131. The Morgan fingerprint density at radius 1 is 1.09 bits per heavy atom. The van der Waals surface area contributed by atoms with Gasteiger partial charge in [-0.2, -0.15) is 0 Å². The van der Waals surface area contributed by atoms with E-state index in [0.29, 0.717) is 36.4 Å². The van der Waals surface area contributed by atoms with E-state index in [0.717, 1.165) is 5.69 Å². The minimum atomic E-state index is -0.527. The molecule has 0 amide bonds. The number of rotatable bonds is 6. The Morgan fingerprint density at radius 3 is 2.41 bits per heavy atom. The van der Waals surface area contributed by atoms with Gasteiger partial charge in [-0.15, -0.1) is 0 Å². The van der Waals surface area contributed by atoms with Crippen molar-refractivity contribution in [1.29, 1.82) is 0 Å². The van der Waals surface area contributed by atoms with Crippen molar-refractivity contribution in [2.75, 3.05) is 43.7 Å². The van der Waals surface area contributed by atoms with E-state index in [2.05, 4.69) is 9.64 Å². The monoisotopic (exact) mass is 439 g/mol. The molecule has 2 aromatic rings. The number of nitro groups is 1. The molecule has 0 N–H and O–H groups in total. The van der Waals surface area contributed by atoms with E-state index < -0.39 is 10.9 Å². The highest BCUT2D eigenvalue weighted by Crippen LogP contribution is 2.33. The normalized spacial score (nSPS) is 16.2. The first-order chi connectivity index (χ1) is 15.3. The van der Waals surface area contributed by atoms with Crippen LogP contribution in [0.4, 0.5) is 17.1 Å². The molecule has 0 aliphatic carbocycles. The van der Waals surface area contributed by atoms with Crippen LogP contribution in [0.15, 0.2) is 48.5 Å². The third-order valence-corrected chi connectivity index (χ3v) is 5.40. The second-order valence-electron chi connectivity index (χ2n) is 7.39. The van der Waals surface area contributed by atoms with E-state index in [9.17, 15) is 19.7 Å². The number of hydrogen-bond donors (Lipinski definition) is 0. The third-order valence-electron chi connectivity index (χ3n) is 5.40. The molecule has 9 heteroatoms. The van der Waals surface area contributed by atoms with Crippen molar-refractivity contribution in [2.24, 2.45) is 0 Å². The molecule has 2 aromatic carbocycles. The molecule has 0 saturated carbocycles. The van der Waals surface area contributed by atoms with Crippen LogP contribution in [-0.4, -0.2) is 56.8 Å². The average Bonchev–Trinajstić information content (AvgIpc) is 2.81. The molecule has 0 aromatic heterocycles. The molecule has 3 rings (SSSR count). The zero-order chi connectivity index (χ0) is 23.3. The van der Waals surface area contributed by atoms with E-state index in [-0.39, 0.29) is 17.7 Å². The summed E-state index contributed by atoms with van der Waals surface area (Å²) in [6, 6.07) is 12.1. The van der Waals surface area contributed by atoms with Crippen LogP contribution in [0.1, 0.15) is 22.8 Å². The summed E-state index contributed by atoms with van der Waals surface area (Å²) in [5.74, 6) is -0.909. The van der Waals surface area contributed by atoms with Crippen molar-refractivity contribution in [2.45, 2.75) is 13.0 Å². The molecular weight excluding hydrogens is 414 g/mol. The number of carbonyl (C=O) groups is 2. The summed E-state index contributed by atoms with van der Waals surface area (Å²) >= 11 is 0. The van der Waals surface area contributed by atoms with Gasteiger partial charge >= 0.3 is 11.9 Å². The van der Waals surface area contributed by atoms with Gasteiger partial charge in [0.05, 0.1) is 24.7 Å². The van der Waals surface area contributed by atoms with Gasteiger partial charge in [0.2, 0.25) is 0 Å². The second-order valence-corrected chi connectivity index (χ2v) is 7.39. The van der Waals surface area contributed by atoms with Crippen LogP contribution < -0.4 is 9.80 Å². The first-order valence-electron chi connectivity index (χ1n) is 10.1. The van der Waals surface area contributed by atoms with Crippen LogP contribution in [0.25, 0.3) is 6.08 Å². The topological polar surface area (TPSA) is 102 Å². The second kappa shape index (κ2) is 9.95. The summed E-state index contributed by atoms with van der Waals surface area (Å²) in [7, 11) is 2.62. The van der Waals surface area contributed by atoms with Crippen LogP contribution in [0, 0.1) is 10.1 Å². The molecule has 1 atom stereocenters. The van der Waals surface area contributed by atoms with Gasteiger partial charge in [0, 0.05) is 43.5 Å². The van der Waals surface area contributed by atoms with Gasteiger partial charge < -0.3 is 19.3 Å². The molecule has 168 valence electrons. The predicted molar refractivity (Wildman–Crippen MR) is 121 cm³/mol. The lowest BCUT2D eigenvalue weighted by Gasteiger charge is -2.42. The summed E-state index contributed by atoms with van der Waals surface area (Å²) in [6.45, 7) is 3.95. The highest BCUT2D eigenvalue weighted by molar-refractivity contribution is 5.89. The van der Waals surface area contributed by atoms with Crippen LogP contribution in [0.5, 0.6) is 0 Å². The SMILES string of the molecule is COC(=O)/C=C/c1ccc(N2CCN(c3ccc(C(=O)OC)cc3)CC2C)c([N+](=O)[O-])c1. The third kappa shape index (κ3) is 5.05. The van der Waals surface area contributed by atoms with Crippen molar-refractivity contribution in [3.8, 4) is 0 Å². The Labute approximate surface area is 186 Å². The lowest BCUT2D eigenvalue weighted by molar-refractivity contribution is -0.384. The fourth-order valence-electron chi connectivity index (χ4n) is 3.74. The number of benzene rings is 2. The molecular formula is C23H25N3O6. The molecule has 1 fully saturated rings. The maximum Gasteiger partial charge on any atom is 0.337 e. The number of ether oxygens (including phenoxy) is 2. The Hall–Kier alpha value is -3.88. The number of esters is 2. The van der Waals surface area contributed by atoms with Gasteiger partial charge in [0.15, 0.2) is 0 Å². The molecule has 1 heterocycles. The summed E-state index contributed by atoms with van der Waals surface area (Å²) < 4.78 is 9.29. The van der Waals surface area contributed by atoms with Crippen molar-refractivity contribution in [3.63, 3.8) is 0 Å². The first-order valence-corrected chi connectivity index (χ1v) is 10.1. The van der Waals surface area contributed by atoms with Gasteiger partial charge in [0.25, 0.3) is 5.69 Å². The molecule has 1 saturated heterocycles. The minimum Gasteiger partial charge on any atom is -0.466 e. The summed E-state index contributed by atoms with van der Waals surface area (Å²) in [5.41, 5.74) is 2.53. The Morgan fingerprint density at radius 2 is 1.81 bits per heavy atom. The van der Waals surface area contributed by atoms with Crippen molar-refractivity contribution >= 4 is 35.1 Å². The Bertz CT molecular complexity index is 1030. The lowest BCUT2D eigenvalue weighted by atomic mass is 10.1. The van der Waals surface area contributed by atoms with Gasteiger partial charge in [-0.25, -0.2) is 9.59 Å². The summed E-state index contributed by atoms with van der Waals surface area (Å²) in [6.07, 6.45) is 2.72. The number of nitrogens with zero attached hydrogens (tertiary/aromatic N) is 3. The largest absolute Gasteiger partial charge is 0.466 e. The zero-order valence-electron chi connectivity index (χ0n) is 18.2. The van der Waals surface area contributed by atoms with Gasteiger partial charge in [0.1, 0.15) is 5.69 Å². The standard InChI is InChI=1S/C23H25N3O6/c1-16-15-24(19-8-6-18(7-9-19)23(28)32-3)12-13-25(16)20-10-4-17(5-11-22(27)31-2)14-21(20)26(29)30/h4-11,14,16H,12-13,15H2,1-3H3/b11-5+. The maximum absolute atomic E-state index is 11.7. The van der Waals surface area contributed by atoms with Gasteiger partial charge in [-0.3, -0.25) is 10.1 Å². The average molecular weight is 439 g/mol. The molecule has 32 heavy (non-hydrogen) atoms. The number of nitro benzene ring substituents is 1. The van der Waals surface area contributed by atoms with E-state index in [1.54, 1.807) is 24.3 Å². The van der Waals surface area contributed by atoms with E-state index in [4.69, 9.17) is 4.74 Å². The maximum atomic E-state index is 11.7. The van der Waals surface area contributed by atoms with Crippen LogP contribution in [-0.2, 0) is 14.3 Å².